The molecular formula is C18H27BrN2. The Morgan fingerprint density at radius 3 is 2.33 bits per heavy atom. The molecule has 0 aromatic heterocycles. The average molecular weight is 351 g/mol. The summed E-state index contributed by atoms with van der Waals surface area (Å²) in [6.45, 7) is 4.45. The Labute approximate surface area is 137 Å². The van der Waals surface area contributed by atoms with Crippen LogP contribution in [0.15, 0.2) is 22.7 Å². The Morgan fingerprint density at radius 1 is 1.10 bits per heavy atom. The van der Waals surface area contributed by atoms with E-state index in [1.165, 1.54) is 73.8 Å². The maximum Gasteiger partial charge on any atom is 0.0510 e. The summed E-state index contributed by atoms with van der Waals surface area (Å²) in [5.74, 6) is 0. The molecule has 0 unspecified atom stereocenters. The topological polar surface area (TPSA) is 29.3 Å². The normalized spacial score (nSPS) is 23.3. The maximum atomic E-state index is 5.97. The van der Waals surface area contributed by atoms with Gasteiger partial charge in [0, 0.05) is 23.6 Å². The highest BCUT2D eigenvalue weighted by molar-refractivity contribution is 9.10. The lowest BCUT2D eigenvalue weighted by Gasteiger charge is -2.45. The number of nitrogens with two attached hydrogens (primary N) is 1. The number of anilines is 1. The Bertz CT molecular complexity index is 482. The van der Waals surface area contributed by atoms with E-state index >= 15 is 0 Å². The third-order valence-corrected chi connectivity index (χ3v) is 6.21. The van der Waals surface area contributed by atoms with Crippen molar-refractivity contribution in [2.45, 2.75) is 57.9 Å². The second-order valence-corrected chi connectivity index (χ2v) is 7.90. The van der Waals surface area contributed by atoms with Gasteiger partial charge >= 0.3 is 0 Å². The second kappa shape index (κ2) is 6.29. The Balaban J connectivity index is 1.69. The summed E-state index contributed by atoms with van der Waals surface area (Å²) >= 11 is 3.74. The first-order valence-electron chi connectivity index (χ1n) is 8.40. The average Bonchev–Trinajstić information content (AvgIpc) is 2.49. The summed E-state index contributed by atoms with van der Waals surface area (Å²) < 4.78 is 1.19. The van der Waals surface area contributed by atoms with Crippen LogP contribution in [-0.2, 0) is 0 Å². The smallest absolute Gasteiger partial charge is 0.0510 e. The molecule has 0 bridgehead atoms. The fraction of sp³-hybridized carbons (Fsp3) is 0.667. The molecule has 1 saturated heterocycles. The lowest BCUT2D eigenvalue weighted by atomic mass is 9.68. The molecule has 1 aliphatic heterocycles. The van der Waals surface area contributed by atoms with Crippen LogP contribution in [0.25, 0.3) is 0 Å². The van der Waals surface area contributed by atoms with Crippen molar-refractivity contribution in [3.63, 3.8) is 0 Å². The van der Waals surface area contributed by atoms with E-state index in [-0.39, 0.29) is 6.04 Å². The SMILES string of the molecule is C[C@@H](N)c1ccc(N2CCC3(CCCCC3)CC2)c(Br)c1. The van der Waals surface area contributed by atoms with Gasteiger partial charge in [-0.25, -0.2) is 0 Å². The van der Waals surface area contributed by atoms with Crippen LogP contribution in [0.5, 0.6) is 0 Å². The first-order chi connectivity index (χ1) is 10.1. The Kier molecular flexibility index (Phi) is 4.60. The van der Waals surface area contributed by atoms with Gasteiger partial charge in [-0.3, -0.25) is 0 Å². The van der Waals surface area contributed by atoms with E-state index in [0.29, 0.717) is 5.41 Å². The summed E-state index contributed by atoms with van der Waals surface area (Å²) in [4.78, 5) is 2.55. The zero-order valence-electron chi connectivity index (χ0n) is 13.1. The number of hydrogen-bond donors (Lipinski definition) is 1. The van der Waals surface area contributed by atoms with E-state index < -0.39 is 0 Å². The first-order valence-corrected chi connectivity index (χ1v) is 9.19. The van der Waals surface area contributed by atoms with E-state index in [2.05, 4.69) is 39.0 Å². The molecule has 1 aromatic carbocycles. The molecule has 1 spiro atoms. The molecule has 3 rings (SSSR count). The molecule has 1 saturated carbocycles. The van der Waals surface area contributed by atoms with Crippen molar-refractivity contribution in [3.8, 4) is 0 Å². The fourth-order valence-electron chi connectivity index (χ4n) is 4.09. The summed E-state index contributed by atoms with van der Waals surface area (Å²) in [7, 11) is 0. The third-order valence-electron chi connectivity index (χ3n) is 5.58. The highest BCUT2D eigenvalue weighted by Crippen LogP contribution is 2.45. The van der Waals surface area contributed by atoms with Crippen molar-refractivity contribution in [3.05, 3.63) is 28.2 Å². The minimum atomic E-state index is 0.0993. The largest absolute Gasteiger partial charge is 0.371 e. The quantitative estimate of drug-likeness (QED) is 0.811. The zero-order chi connectivity index (χ0) is 14.9. The summed E-state index contributed by atoms with van der Waals surface area (Å²) in [5, 5.41) is 0. The number of nitrogens with zero attached hydrogens (tertiary/aromatic N) is 1. The standard InChI is InChI=1S/C18H27BrN2/c1-14(20)15-5-6-17(16(19)13-15)21-11-9-18(10-12-21)7-3-2-4-8-18/h5-6,13-14H,2-4,7-12,20H2,1H3/t14-/m1/s1. The van der Waals surface area contributed by atoms with Crippen LogP contribution in [0, 0.1) is 5.41 Å². The van der Waals surface area contributed by atoms with Crippen molar-refractivity contribution in [1.29, 1.82) is 0 Å². The second-order valence-electron chi connectivity index (χ2n) is 7.05. The highest BCUT2D eigenvalue weighted by Gasteiger charge is 2.35. The van der Waals surface area contributed by atoms with Gasteiger partial charge in [-0.05, 0) is 71.6 Å². The molecule has 0 radical (unpaired) electrons. The van der Waals surface area contributed by atoms with Crippen molar-refractivity contribution < 1.29 is 0 Å². The molecule has 2 nitrogen and oxygen atoms in total. The van der Waals surface area contributed by atoms with Gasteiger partial charge in [0.2, 0.25) is 0 Å². The molecule has 2 N–H and O–H groups in total. The lowest BCUT2D eigenvalue weighted by molar-refractivity contribution is 0.144. The van der Waals surface area contributed by atoms with Crippen LogP contribution < -0.4 is 10.6 Å². The van der Waals surface area contributed by atoms with Gasteiger partial charge in [-0.1, -0.05) is 25.3 Å². The molecule has 1 atom stereocenters. The van der Waals surface area contributed by atoms with Crippen molar-refractivity contribution >= 4 is 21.6 Å². The molecule has 1 heterocycles. The lowest BCUT2D eigenvalue weighted by Crippen LogP contribution is -2.41. The van der Waals surface area contributed by atoms with Crippen LogP contribution in [0.2, 0.25) is 0 Å². The molecule has 21 heavy (non-hydrogen) atoms. The van der Waals surface area contributed by atoms with E-state index in [9.17, 15) is 0 Å². The molecule has 2 fully saturated rings. The Morgan fingerprint density at radius 2 is 1.76 bits per heavy atom. The van der Waals surface area contributed by atoms with E-state index in [0.717, 1.165) is 0 Å². The van der Waals surface area contributed by atoms with Crippen LogP contribution in [0.1, 0.15) is 63.5 Å². The van der Waals surface area contributed by atoms with Crippen LogP contribution in [0.3, 0.4) is 0 Å². The van der Waals surface area contributed by atoms with Gasteiger partial charge in [0.15, 0.2) is 0 Å². The predicted octanol–water partition coefficient (Wildman–Crippen LogP) is 5.02. The summed E-state index contributed by atoms with van der Waals surface area (Å²) in [6, 6.07) is 6.70. The molecule has 3 heteroatoms. The molecule has 2 aliphatic rings. The summed E-state index contributed by atoms with van der Waals surface area (Å²) in [5.41, 5.74) is 9.18. The minimum Gasteiger partial charge on any atom is -0.371 e. The first kappa shape index (κ1) is 15.4. The number of hydrogen-bond acceptors (Lipinski definition) is 2. The van der Waals surface area contributed by atoms with Gasteiger partial charge in [0.1, 0.15) is 0 Å². The predicted molar refractivity (Wildman–Crippen MR) is 93.7 cm³/mol. The molecular weight excluding hydrogens is 324 g/mol. The molecule has 0 amide bonds. The Hall–Kier alpha value is -0.540. The maximum absolute atomic E-state index is 5.97. The zero-order valence-corrected chi connectivity index (χ0v) is 14.7. The van der Waals surface area contributed by atoms with E-state index in [1.807, 2.05) is 6.92 Å². The van der Waals surface area contributed by atoms with E-state index in [1.54, 1.807) is 0 Å². The van der Waals surface area contributed by atoms with Gasteiger partial charge < -0.3 is 10.6 Å². The number of rotatable bonds is 2. The van der Waals surface area contributed by atoms with Crippen LogP contribution >= 0.6 is 15.9 Å². The summed E-state index contributed by atoms with van der Waals surface area (Å²) in [6.07, 6.45) is 10.0. The molecule has 116 valence electrons. The van der Waals surface area contributed by atoms with Crippen LogP contribution in [-0.4, -0.2) is 13.1 Å². The number of benzene rings is 1. The van der Waals surface area contributed by atoms with E-state index in [4.69, 9.17) is 5.73 Å². The van der Waals surface area contributed by atoms with Gasteiger partial charge in [-0.2, -0.15) is 0 Å². The van der Waals surface area contributed by atoms with Crippen molar-refractivity contribution in [2.24, 2.45) is 11.1 Å². The fourth-order valence-corrected chi connectivity index (χ4v) is 4.73. The number of piperidine rings is 1. The molecule has 1 aliphatic carbocycles. The van der Waals surface area contributed by atoms with Crippen molar-refractivity contribution in [1.82, 2.24) is 0 Å². The van der Waals surface area contributed by atoms with Crippen molar-refractivity contribution in [2.75, 3.05) is 18.0 Å². The van der Waals surface area contributed by atoms with Gasteiger partial charge in [0.25, 0.3) is 0 Å². The molecule has 1 aromatic rings. The monoisotopic (exact) mass is 350 g/mol. The minimum absolute atomic E-state index is 0.0993. The number of halogens is 1. The van der Waals surface area contributed by atoms with Gasteiger partial charge in [0.05, 0.1) is 5.69 Å². The van der Waals surface area contributed by atoms with Crippen LogP contribution in [0.4, 0.5) is 5.69 Å². The third kappa shape index (κ3) is 3.29. The highest BCUT2D eigenvalue weighted by atomic mass is 79.9. The van der Waals surface area contributed by atoms with Gasteiger partial charge in [-0.15, -0.1) is 0 Å².